The van der Waals surface area contributed by atoms with E-state index in [0.717, 1.165) is 5.56 Å². The van der Waals surface area contributed by atoms with Gasteiger partial charge in [-0.3, -0.25) is 19.7 Å². The van der Waals surface area contributed by atoms with E-state index in [1.165, 1.54) is 30.2 Å². The van der Waals surface area contributed by atoms with Gasteiger partial charge in [0.15, 0.2) is 6.61 Å². The second-order valence-electron chi connectivity index (χ2n) is 6.85. The molecule has 0 saturated heterocycles. The van der Waals surface area contributed by atoms with Crippen LogP contribution in [0.1, 0.15) is 25.8 Å². The summed E-state index contributed by atoms with van der Waals surface area (Å²) in [5.74, 6) is -0.408. The van der Waals surface area contributed by atoms with Crippen molar-refractivity contribution >= 4 is 29.1 Å². The van der Waals surface area contributed by atoms with Crippen molar-refractivity contribution in [2.75, 3.05) is 20.3 Å². The third-order valence-corrected chi connectivity index (χ3v) is 4.97. The van der Waals surface area contributed by atoms with E-state index in [4.69, 9.17) is 21.1 Å². The molecule has 0 spiro atoms. The molecule has 0 unspecified atom stereocenters. The Balaban J connectivity index is 2.22. The fraction of sp³-hybridized carbons (Fsp3) is 0.364. The first-order chi connectivity index (χ1) is 15.3. The van der Waals surface area contributed by atoms with Crippen LogP contribution in [0.5, 0.6) is 11.5 Å². The first kappa shape index (κ1) is 24.9. The van der Waals surface area contributed by atoms with Gasteiger partial charge in [-0.15, -0.1) is 0 Å². The highest BCUT2D eigenvalue weighted by atomic mass is 35.5. The number of likely N-dealkylation sites (N-methyl/N-ethyl adjacent to an activating group) is 1. The molecule has 0 radical (unpaired) electrons. The Bertz CT molecular complexity index is 951. The number of carbonyl (C=O) groups is 2. The second kappa shape index (κ2) is 11.9. The van der Waals surface area contributed by atoms with Crippen LogP contribution in [0.2, 0.25) is 5.02 Å². The van der Waals surface area contributed by atoms with Crippen molar-refractivity contribution in [3.05, 3.63) is 63.2 Å². The lowest BCUT2D eigenvalue weighted by molar-refractivity contribution is -0.385. The minimum atomic E-state index is -0.687. The Labute approximate surface area is 191 Å². The predicted molar refractivity (Wildman–Crippen MR) is 120 cm³/mol. The van der Waals surface area contributed by atoms with Gasteiger partial charge >= 0.3 is 5.69 Å². The van der Waals surface area contributed by atoms with Crippen LogP contribution in [-0.4, -0.2) is 47.9 Å². The van der Waals surface area contributed by atoms with E-state index in [0.29, 0.717) is 18.0 Å². The molecule has 10 heteroatoms. The standard InChI is InChI=1S/C22H26ClN3O6/c1-4-18(22(28)24-5-2)25(13-15-6-8-16(23)9-7-15)21(27)14-32-17-10-11-19(26(29)30)20(12-17)31-3/h6-12,18H,4-5,13-14H2,1-3H3,(H,24,28)/t18-/m1/s1. The Hall–Kier alpha value is -3.33. The van der Waals surface area contributed by atoms with Crippen molar-refractivity contribution in [2.24, 2.45) is 0 Å². The molecule has 172 valence electrons. The van der Waals surface area contributed by atoms with Crippen molar-refractivity contribution in [1.82, 2.24) is 10.2 Å². The van der Waals surface area contributed by atoms with Crippen LogP contribution in [-0.2, 0) is 16.1 Å². The molecule has 1 N–H and O–H groups in total. The number of nitrogens with one attached hydrogen (secondary N) is 1. The van der Waals surface area contributed by atoms with Gasteiger partial charge in [0.05, 0.1) is 12.0 Å². The van der Waals surface area contributed by atoms with Gasteiger partial charge in [-0.1, -0.05) is 30.7 Å². The SMILES string of the molecule is CCNC(=O)[C@@H](CC)N(Cc1ccc(Cl)cc1)C(=O)COc1ccc([N+](=O)[O-])c(OC)c1. The monoisotopic (exact) mass is 463 g/mol. The van der Waals surface area contributed by atoms with E-state index in [1.54, 1.807) is 31.2 Å². The highest BCUT2D eigenvalue weighted by Gasteiger charge is 2.28. The number of nitro groups is 1. The zero-order valence-corrected chi connectivity index (χ0v) is 18.9. The van der Waals surface area contributed by atoms with Crippen LogP contribution in [0.3, 0.4) is 0 Å². The summed E-state index contributed by atoms with van der Waals surface area (Å²) in [5.41, 5.74) is 0.598. The molecule has 2 aromatic carbocycles. The average Bonchev–Trinajstić information content (AvgIpc) is 2.78. The van der Waals surface area contributed by atoms with Crippen LogP contribution in [0, 0.1) is 10.1 Å². The summed E-state index contributed by atoms with van der Waals surface area (Å²) in [5, 5.41) is 14.4. The topological polar surface area (TPSA) is 111 Å². The number of rotatable bonds is 11. The minimum Gasteiger partial charge on any atom is -0.490 e. The molecular weight excluding hydrogens is 438 g/mol. The zero-order valence-electron chi connectivity index (χ0n) is 18.2. The van der Waals surface area contributed by atoms with Crippen molar-refractivity contribution in [3.8, 4) is 11.5 Å². The zero-order chi connectivity index (χ0) is 23.7. The number of methoxy groups -OCH3 is 1. The largest absolute Gasteiger partial charge is 0.490 e. The van der Waals surface area contributed by atoms with Gasteiger partial charge < -0.3 is 19.7 Å². The van der Waals surface area contributed by atoms with E-state index in [9.17, 15) is 19.7 Å². The second-order valence-corrected chi connectivity index (χ2v) is 7.28. The molecule has 2 rings (SSSR count). The maximum atomic E-state index is 13.1. The molecule has 0 saturated carbocycles. The molecule has 2 aromatic rings. The molecule has 9 nitrogen and oxygen atoms in total. The van der Waals surface area contributed by atoms with Gasteiger partial charge in [-0.2, -0.15) is 0 Å². The first-order valence-electron chi connectivity index (χ1n) is 10.1. The summed E-state index contributed by atoms with van der Waals surface area (Å²) in [6, 6.07) is 10.3. The first-order valence-corrected chi connectivity index (χ1v) is 10.4. The predicted octanol–water partition coefficient (Wildman–Crippen LogP) is 3.58. The van der Waals surface area contributed by atoms with Crippen LogP contribution < -0.4 is 14.8 Å². The number of ether oxygens (including phenoxy) is 2. The molecule has 0 heterocycles. The summed E-state index contributed by atoms with van der Waals surface area (Å²) >= 11 is 5.95. The molecule has 0 aliphatic rings. The Morgan fingerprint density at radius 2 is 1.88 bits per heavy atom. The fourth-order valence-corrected chi connectivity index (χ4v) is 3.25. The number of benzene rings is 2. The molecule has 0 aromatic heterocycles. The van der Waals surface area contributed by atoms with Crippen molar-refractivity contribution < 1.29 is 24.0 Å². The van der Waals surface area contributed by atoms with E-state index < -0.39 is 16.9 Å². The van der Waals surface area contributed by atoms with Crippen molar-refractivity contribution in [1.29, 1.82) is 0 Å². The smallest absolute Gasteiger partial charge is 0.311 e. The lowest BCUT2D eigenvalue weighted by Gasteiger charge is -2.30. The third-order valence-electron chi connectivity index (χ3n) is 4.71. The van der Waals surface area contributed by atoms with Crippen molar-refractivity contribution in [3.63, 3.8) is 0 Å². The summed E-state index contributed by atoms with van der Waals surface area (Å²) in [6.07, 6.45) is 0.413. The van der Waals surface area contributed by atoms with Gasteiger partial charge in [-0.25, -0.2) is 0 Å². The van der Waals surface area contributed by atoms with Gasteiger partial charge in [0.2, 0.25) is 11.7 Å². The number of hydrogen-bond acceptors (Lipinski definition) is 6. The molecule has 32 heavy (non-hydrogen) atoms. The van der Waals surface area contributed by atoms with Crippen molar-refractivity contribution in [2.45, 2.75) is 32.9 Å². The number of hydrogen-bond donors (Lipinski definition) is 1. The van der Waals surface area contributed by atoms with Gasteiger partial charge in [-0.05, 0) is 37.1 Å². The van der Waals surface area contributed by atoms with Crippen LogP contribution in [0.15, 0.2) is 42.5 Å². The number of amides is 2. The quantitative estimate of drug-likeness (QED) is 0.402. The van der Waals surface area contributed by atoms with Gasteiger partial charge in [0, 0.05) is 30.2 Å². The Morgan fingerprint density at radius 3 is 2.44 bits per heavy atom. The number of halogens is 1. The van der Waals surface area contributed by atoms with E-state index in [-0.39, 0.29) is 36.2 Å². The van der Waals surface area contributed by atoms with Crippen LogP contribution in [0.4, 0.5) is 5.69 Å². The van der Waals surface area contributed by atoms with E-state index >= 15 is 0 Å². The average molecular weight is 464 g/mol. The number of carbonyl (C=O) groups excluding carboxylic acids is 2. The molecule has 0 aliphatic carbocycles. The van der Waals surface area contributed by atoms with Crippen LogP contribution in [0.25, 0.3) is 0 Å². The normalized spacial score (nSPS) is 11.4. The van der Waals surface area contributed by atoms with E-state index in [1.807, 2.05) is 6.92 Å². The molecule has 0 bridgehead atoms. The lowest BCUT2D eigenvalue weighted by Crippen LogP contribution is -2.50. The maximum absolute atomic E-state index is 13.1. The summed E-state index contributed by atoms with van der Waals surface area (Å²) in [4.78, 5) is 37.6. The number of nitro benzene ring substituents is 1. The molecular formula is C22H26ClN3O6. The highest BCUT2D eigenvalue weighted by Crippen LogP contribution is 2.30. The Kier molecular flexibility index (Phi) is 9.27. The number of nitrogens with zero attached hydrogens (tertiary/aromatic N) is 2. The van der Waals surface area contributed by atoms with Crippen LogP contribution >= 0.6 is 11.6 Å². The fourth-order valence-electron chi connectivity index (χ4n) is 3.12. The maximum Gasteiger partial charge on any atom is 0.311 e. The van der Waals surface area contributed by atoms with E-state index in [2.05, 4.69) is 5.32 Å². The lowest BCUT2D eigenvalue weighted by atomic mass is 10.1. The minimum absolute atomic E-state index is 0.0201. The van der Waals surface area contributed by atoms with Gasteiger partial charge in [0.25, 0.3) is 5.91 Å². The summed E-state index contributed by atoms with van der Waals surface area (Å²) in [7, 11) is 1.31. The highest BCUT2D eigenvalue weighted by molar-refractivity contribution is 6.30. The van der Waals surface area contributed by atoms with Gasteiger partial charge in [0.1, 0.15) is 11.8 Å². The molecule has 0 aliphatic heterocycles. The summed E-state index contributed by atoms with van der Waals surface area (Å²) < 4.78 is 10.6. The summed E-state index contributed by atoms with van der Waals surface area (Å²) in [6.45, 7) is 3.91. The molecule has 1 atom stereocenters. The third kappa shape index (κ3) is 6.58. The Morgan fingerprint density at radius 1 is 1.19 bits per heavy atom. The molecule has 0 fully saturated rings. The molecule has 2 amide bonds.